The Morgan fingerprint density at radius 1 is 1.12 bits per heavy atom. The lowest BCUT2D eigenvalue weighted by Gasteiger charge is -2.08. The van der Waals surface area contributed by atoms with E-state index in [2.05, 4.69) is 4.98 Å². The fourth-order valence-electron chi connectivity index (χ4n) is 2.47. The summed E-state index contributed by atoms with van der Waals surface area (Å²) < 4.78 is 10.4. The molecule has 0 saturated carbocycles. The molecule has 1 N–H and O–H groups in total. The van der Waals surface area contributed by atoms with Crippen molar-refractivity contribution in [3.8, 4) is 5.75 Å². The third-order valence-electron chi connectivity index (χ3n) is 3.55. The zero-order chi connectivity index (χ0) is 18.6. The van der Waals surface area contributed by atoms with Crippen molar-refractivity contribution in [3.05, 3.63) is 56.9 Å². The average molecular weight is 346 g/mol. The molecule has 1 heterocycles. The first kappa shape index (κ1) is 18.2. The predicted octanol–water partition coefficient (Wildman–Crippen LogP) is 2.98. The number of ketones is 1. The highest BCUT2D eigenvalue weighted by Gasteiger charge is 2.25. The highest BCUT2D eigenvalue weighted by Crippen LogP contribution is 2.22. The summed E-state index contributed by atoms with van der Waals surface area (Å²) in [6.45, 7) is 4.96. The second-order valence-electron chi connectivity index (χ2n) is 5.31. The maximum Gasteiger partial charge on any atom is 0.340 e. The molecule has 1 aromatic carbocycles. The van der Waals surface area contributed by atoms with Crippen molar-refractivity contribution in [2.75, 3.05) is 13.2 Å². The molecule has 0 bridgehead atoms. The molecule has 2 aromatic rings. The van der Waals surface area contributed by atoms with Gasteiger partial charge in [-0.3, -0.25) is 14.9 Å². The molecule has 0 atom stereocenters. The van der Waals surface area contributed by atoms with E-state index in [-0.39, 0.29) is 35.8 Å². The number of nitro groups is 1. The third-order valence-corrected chi connectivity index (χ3v) is 3.55. The number of Topliss-reactive ketones (excluding diaryl/α,β-unsaturated/α-hetero) is 1. The highest BCUT2D eigenvalue weighted by atomic mass is 16.6. The Bertz CT molecular complexity index is 807. The third kappa shape index (κ3) is 4.03. The fourth-order valence-corrected chi connectivity index (χ4v) is 2.47. The Balaban J connectivity index is 2.15. The fraction of sp³-hybridized carbons (Fsp3) is 0.294. The van der Waals surface area contributed by atoms with Crippen LogP contribution in [0.1, 0.15) is 39.0 Å². The minimum Gasteiger partial charge on any atom is -0.485 e. The first-order chi connectivity index (χ1) is 11.8. The number of nitrogens with one attached hydrogen (secondary N) is 1. The van der Waals surface area contributed by atoms with E-state index in [1.165, 1.54) is 24.3 Å². The summed E-state index contributed by atoms with van der Waals surface area (Å²) in [5.74, 6) is -0.632. The normalized spacial score (nSPS) is 10.4. The van der Waals surface area contributed by atoms with Gasteiger partial charge in [0.1, 0.15) is 5.75 Å². The van der Waals surface area contributed by atoms with Gasteiger partial charge in [-0.1, -0.05) is 0 Å². The number of nitrogens with zero attached hydrogens (tertiary/aromatic N) is 1. The smallest absolute Gasteiger partial charge is 0.340 e. The molecule has 8 nitrogen and oxygen atoms in total. The number of H-pyrrole nitrogens is 1. The largest absolute Gasteiger partial charge is 0.485 e. The van der Waals surface area contributed by atoms with Crippen molar-refractivity contribution in [1.29, 1.82) is 0 Å². The topological polar surface area (TPSA) is 112 Å². The molecule has 0 spiro atoms. The first-order valence-electron chi connectivity index (χ1n) is 7.61. The number of nitro benzene ring substituents is 1. The maximum atomic E-state index is 12.5. The number of aromatic amines is 1. The molecular weight excluding hydrogens is 328 g/mol. The molecule has 0 amide bonds. The number of rotatable bonds is 7. The summed E-state index contributed by atoms with van der Waals surface area (Å²) in [6.07, 6.45) is 0. The molecule has 8 heteroatoms. The number of ether oxygens (including phenoxy) is 2. The van der Waals surface area contributed by atoms with Crippen LogP contribution < -0.4 is 4.74 Å². The molecule has 0 unspecified atom stereocenters. The van der Waals surface area contributed by atoms with Gasteiger partial charge in [0.2, 0.25) is 5.78 Å². The second kappa shape index (κ2) is 7.61. The van der Waals surface area contributed by atoms with Gasteiger partial charge in [0, 0.05) is 23.5 Å². The van der Waals surface area contributed by atoms with Crippen LogP contribution in [0.15, 0.2) is 24.3 Å². The van der Waals surface area contributed by atoms with Crippen LogP contribution >= 0.6 is 0 Å². The Labute approximate surface area is 143 Å². The van der Waals surface area contributed by atoms with E-state index in [1.54, 1.807) is 20.8 Å². The first-order valence-corrected chi connectivity index (χ1v) is 7.61. The van der Waals surface area contributed by atoms with E-state index in [0.717, 1.165) is 0 Å². The Morgan fingerprint density at radius 2 is 1.72 bits per heavy atom. The van der Waals surface area contributed by atoms with E-state index in [4.69, 9.17) is 9.47 Å². The number of esters is 1. The zero-order valence-electron chi connectivity index (χ0n) is 14.1. The van der Waals surface area contributed by atoms with Gasteiger partial charge in [-0.15, -0.1) is 0 Å². The molecule has 0 aliphatic heterocycles. The lowest BCUT2D eigenvalue weighted by Crippen LogP contribution is -2.17. The number of benzene rings is 1. The van der Waals surface area contributed by atoms with Crippen LogP contribution in [0.4, 0.5) is 5.69 Å². The van der Waals surface area contributed by atoms with E-state index < -0.39 is 10.9 Å². The zero-order valence-corrected chi connectivity index (χ0v) is 14.1. The van der Waals surface area contributed by atoms with E-state index >= 15 is 0 Å². The summed E-state index contributed by atoms with van der Waals surface area (Å²) >= 11 is 0. The molecule has 25 heavy (non-hydrogen) atoms. The molecule has 0 saturated heterocycles. The van der Waals surface area contributed by atoms with Gasteiger partial charge in [0.15, 0.2) is 6.61 Å². The van der Waals surface area contributed by atoms with Gasteiger partial charge in [-0.2, -0.15) is 0 Å². The number of hydrogen-bond acceptors (Lipinski definition) is 6. The Morgan fingerprint density at radius 3 is 2.28 bits per heavy atom. The van der Waals surface area contributed by atoms with E-state index in [9.17, 15) is 19.7 Å². The van der Waals surface area contributed by atoms with Crippen LogP contribution in [0.2, 0.25) is 0 Å². The summed E-state index contributed by atoms with van der Waals surface area (Å²) in [4.78, 5) is 37.6. The van der Waals surface area contributed by atoms with Crippen LogP contribution in [-0.4, -0.2) is 34.9 Å². The molecule has 2 rings (SSSR count). The number of aryl methyl sites for hydroxylation is 2. The van der Waals surface area contributed by atoms with E-state index in [0.29, 0.717) is 17.1 Å². The highest BCUT2D eigenvalue weighted by molar-refractivity contribution is 6.08. The summed E-state index contributed by atoms with van der Waals surface area (Å²) in [5, 5.41) is 10.6. The van der Waals surface area contributed by atoms with Crippen LogP contribution in [0.3, 0.4) is 0 Å². The van der Waals surface area contributed by atoms with Gasteiger partial charge in [-0.05, 0) is 32.9 Å². The van der Waals surface area contributed by atoms with Crippen LogP contribution in [0, 0.1) is 24.0 Å². The van der Waals surface area contributed by atoms with Crippen molar-refractivity contribution < 1.29 is 24.0 Å². The average Bonchev–Trinajstić information content (AvgIpc) is 2.87. The maximum absolute atomic E-state index is 12.5. The van der Waals surface area contributed by atoms with Gasteiger partial charge in [-0.25, -0.2) is 4.79 Å². The minimum absolute atomic E-state index is 0.0691. The second-order valence-corrected chi connectivity index (χ2v) is 5.31. The van der Waals surface area contributed by atoms with Gasteiger partial charge >= 0.3 is 5.97 Å². The standard InChI is InChI=1S/C17H18N2O6/c1-4-24-17(21)16-11(3)18-10(2)15(16)14(20)9-25-13-7-5-12(6-8-13)19(22)23/h5-8,18H,4,9H2,1-3H3. The SMILES string of the molecule is CCOC(=O)c1c(C)[nH]c(C)c1C(=O)COc1ccc([N+](=O)[O-])cc1. The summed E-state index contributed by atoms with van der Waals surface area (Å²) in [5.41, 5.74) is 1.47. The number of carbonyl (C=O) groups excluding carboxylic acids is 2. The molecule has 0 fully saturated rings. The molecule has 0 aliphatic carbocycles. The molecule has 0 radical (unpaired) electrons. The van der Waals surface area contributed by atoms with Crippen LogP contribution in [0.5, 0.6) is 5.75 Å². The van der Waals surface area contributed by atoms with E-state index in [1.807, 2.05) is 0 Å². The van der Waals surface area contributed by atoms with Crippen LogP contribution in [0.25, 0.3) is 0 Å². The molecular formula is C17H18N2O6. The van der Waals surface area contributed by atoms with Gasteiger partial charge in [0.05, 0.1) is 22.7 Å². The van der Waals surface area contributed by atoms with Crippen molar-refractivity contribution in [1.82, 2.24) is 4.98 Å². The summed E-state index contributed by atoms with van der Waals surface area (Å²) in [7, 11) is 0. The minimum atomic E-state index is -0.567. The lowest BCUT2D eigenvalue weighted by atomic mass is 10.1. The Kier molecular flexibility index (Phi) is 5.53. The molecule has 0 aliphatic rings. The number of non-ortho nitro benzene ring substituents is 1. The number of aromatic nitrogens is 1. The van der Waals surface area contributed by atoms with Gasteiger partial charge in [0.25, 0.3) is 5.69 Å². The van der Waals surface area contributed by atoms with Crippen molar-refractivity contribution in [3.63, 3.8) is 0 Å². The monoisotopic (exact) mass is 346 g/mol. The van der Waals surface area contributed by atoms with Crippen molar-refractivity contribution in [2.24, 2.45) is 0 Å². The Hall–Kier alpha value is -3.16. The summed E-state index contributed by atoms with van der Waals surface area (Å²) in [6, 6.07) is 5.39. The van der Waals surface area contributed by atoms with Crippen molar-refractivity contribution in [2.45, 2.75) is 20.8 Å². The quantitative estimate of drug-likeness (QED) is 0.357. The number of hydrogen-bond donors (Lipinski definition) is 1. The molecule has 132 valence electrons. The molecule has 1 aromatic heterocycles. The predicted molar refractivity (Wildman–Crippen MR) is 89.1 cm³/mol. The van der Waals surface area contributed by atoms with Crippen molar-refractivity contribution >= 4 is 17.4 Å². The lowest BCUT2D eigenvalue weighted by molar-refractivity contribution is -0.384. The van der Waals surface area contributed by atoms with Crippen LogP contribution in [-0.2, 0) is 4.74 Å². The number of carbonyl (C=O) groups is 2. The van der Waals surface area contributed by atoms with Gasteiger partial charge < -0.3 is 14.5 Å².